The highest BCUT2D eigenvalue weighted by Gasteiger charge is 2.29. The monoisotopic (exact) mass is 517 g/mol. The zero-order valence-electron chi connectivity index (χ0n) is 18.7. The third-order valence-electron chi connectivity index (χ3n) is 5.46. The van der Waals surface area contributed by atoms with Crippen molar-refractivity contribution in [2.75, 3.05) is 7.05 Å². The van der Waals surface area contributed by atoms with Gasteiger partial charge < -0.3 is 4.74 Å². The van der Waals surface area contributed by atoms with E-state index in [9.17, 15) is 4.79 Å². The minimum Gasteiger partial charge on any atom is -0.489 e. The summed E-state index contributed by atoms with van der Waals surface area (Å²) in [6, 6.07) is 25.2. The highest BCUT2D eigenvalue weighted by atomic mass is 35.5. The van der Waals surface area contributed by atoms with E-state index in [4.69, 9.17) is 33.7 Å². The average molecular weight is 518 g/mol. The molecule has 4 aromatic rings. The second-order valence-electron chi connectivity index (χ2n) is 7.90. The average Bonchev–Trinajstić information content (AvgIpc) is 3.41. The molecule has 0 aliphatic carbocycles. The summed E-state index contributed by atoms with van der Waals surface area (Å²) in [6.45, 7) is 0.422. The molecule has 1 aliphatic rings. The van der Waals surface area contributed by atoms with Gasteiger partial charge in [0.2, 0.25) is 0 Å². The fourth-order valence-corrected chi connectivity index (χ4v) is 4.89. The summed E-state index contributed by atoms with van der Waals surface area (Å²) in [5.41, 5.74) is 4.39. The van der Waals surface area contributed by atoms with Gasteiger partial charge in [0.05, 0.1) is 10.6 Å². The molecule has 5 rings (SSSR count). The maximum Gasteiger partial charge on any atom is 0.265 e. The van der Waals surface area contributed by atoms with Crippen molar-refractivity contribution in [1.82, 2.24) is 14.7 Å². The number of carbonyl (C=O) groups is 1. The second kappa shape index (κ2) is 10.1. The van der Waals surface area contributed by atoms with Gasteiger partial charge in [-0.05, 0) is 48.0 Å². The molecule has 0 radical (unpaired) electrons. The molecule has 2 heterocycles. The molecule has 0 unspecified atom stereocenters. The molecule has 1 aromatic heterocycles. The van der Waals surface area contributed by atoms with E-state index in [0.717, 1.165) is 33.8 Å². The van der Waals surface area contributed by atoms with E-state index < -0.39 is 0 Å². The third kappa shape index (κ3) is 5.17. The molecule has 174 valence electrons. The standard InChI is InChI=1S/C27H20ClN3O2S2/c1-30-26(32)24(35-27(30)34)15-20-16-31(22-7-3-2-4-8-22)29-25(20)19-6-5-9-23(14-19)33-17-18-10-12-21(28)13-11-18/h2-16H,17H2,1H3/b24-15+. The largest absolute Gasteiger partial charge is 0.489 e. The van der Waals surface area contributed by atoms with Crippen molar-refractivity contribution in [3.8, 4) is 22.7 Å². The number of rotatable bonds is 6. The van der Waals surface area contributed by atoms with E-state index >= 15 is 0 Å². The van der Waals surface area contributed by atoms with Crippen LogP contribution in [0.15, 0.2) is 90.0 Å². The minimum absolute atomic E-state index is 0.113. The Hall–Kier alpha value is -3.39. The molecule has 0 saturated carbocycles. The number of benzene rings is 3. The molecule has 35 heavy (non-hydrogen) atoms. The quantitative estimate of drug-likeness (QED) is 0.213. The molecule has 1 fully saturated rings. The second-order valence-corrected chi connectivity index (χ2v) is 10.0. The number of likely N-dealkylation sites (N-methyl/N-ethyl adjacent to an activating group) is 1. The van der Waals surface area contributed by atoms with Crippen LogP contribution in [0.5, 0.6) is 5.75 Å². The Bertz CT molecular complexity index is 1430. The van der Waals surface area contributed by atoms with Crippen LogP contribution in [0.1, 0.15) is 11.1 Å². The number of halogens is 1. The number of para-hydroxylation sites is 1. The predicted molar refractivity (Wildman–Crippen MR) is 146 cm³/mol. The van der Waals surface area contributed by atoms with Gasteiger partial charge in [0.1, 0.15) is 22.4 Å². The Kier molecular flexibility index (Phi) is 6.72. The first kappa shape index (κ1) is 23.4. The van der Waals surface area contributed by atoms with Gasteiger partial charge in [-0.2, -0.15) is 5.10 Å². The normalized spacial score (nSPS) is 14.7. The van der Waals surface area contributed by atoms with Gasteiger partial charge >= 0.3 is 0 Å². The summed E-state index contributed by atoms with van der Waals surface area (Å²) in [4.78, 5) is 14.7. The summed E-state index contributed by atoms with van der Waals surface area (Å²) in [6.07, 6.45) is 3.78. The lowest BCUT2D eigenvalue weighted by Crippen LogP contribution is -2.22. The van der Waals surface area contributed by atoms with Crippen molar-refractivity contribution in [2.45, 2.75) is 6.61 Å². The molecule has 0 N–H and O–H groups in total. The number of hydrogen-bond acceptors (Lipinski definition) is 5. The lowest BCUT2D eigenvalue weighted by molar-refractivity contribution is -0.121. The van der Waals surface area contributed by atoms with Crippen LogP contribution >= 0.6 is 35.6 Å². The molecular formula is C27H20ClN3O2S2. The number of nitrogens with zero attached hydrogens (tertiary/aromatic N) is 3. The van der Waals surface area contributed by atoms with Crippen molar-refractivity contribution in [3.05, 3.63) is 106 Å². The fourth-order valence-electron chi connectivity index (χ4n) is 3.60. The summed E-state index contributed by atoms with van der Waals surface area (Å²) < 4.78 is 8.38. The fraction of sp³-hybridized carbons (Fsp3) is 0.0741. The molecule has 0 atom stereocenters. The van der Waals surface area contributed by atoms with Crippen LogP contribution < -0.4 is 4.74 Å². The van der Waals surface area contributed by atoms with E-state index in [0.29, 0.717) is 20.9 Å². The Balaban J connectivity index is 1.50. The summed E-state index contributed by atoms with van der Waals surface area (Å²) in [7, 11) is 1.69. The maximum atomic E-state index is 12.6. The smallest absolute Gasteiger partial charge is 0.265 e. The van der Waals surface area contributed by atoms with Crippen molar-refractivity contribution >= 4 is 51.9 Å². The predicted octanol–water partition coefficient (Wildman–Crippen LogP) is 6.60. The molecular weight excluding hydrogens is 498 g/mol. The van der Waals surface area contributed by atoms with E-state index in [1.165, 1.54) is 16.7 Å². The molecule has 1 saturated heterocycles. The SMILES string of the molecule is CN1C(=O)/C(=C\c2cn(-c3ccccc3)nc2-c2cccc(OCc3ccc(Cl)cc3)c2)SC1=S. The van der Waals surface area contributed by atoms with Gasteiger partial charge in [-0.1, -0.05) is 78.0 Å². The molecule has 5 nitrogen and oxygen atoms in total. The highest BCUT2D eigenvalue weighted by molar-refractivity contribution is 8.26. The first-order valence-corrected chi connectivity index (χ1v) is 12.4. The van der Waals surface area contributed by atoms with Gasteiger partial charge in [-0.25, -0.2) is 4.68 Å². The van der Waals surface area contributed by atoms with E-state index in [-0.39, 0.29) is 5.91 Å². The Labute approximate surface area is 218 Å². The minimum atomic E-state index is -0.113. The van der Waals surface area contributed by atoms with Gasteiger partial charge in [-0.15, -0.1) is 0 Å². The first-order valence-electron chi connectivity index (χ1n) is 10.8. The zero-order chi connectivity index (χ0) is 24.4. The molecule has 3 aromatic carbocycles. The summed E-state index contributed by atoms with van der Waals surface area (Å²) in [5, 5.41) is 5.55. The van der Waals surface area contributed by atoms with Gasteiger partial charge in [0, 0.05) is 29.4 Å². The van der Waals surface area contributed by atoms with Crippen molar-refractivity contribution in [2.24, 2.45) is 0 Å². The number of carbonyl (C=O) groups excluding carboxylic acids is 1. The molecule has 8 heteroatoms. The van der Waals surface area contributed by atoms with Crippen LogP contribution in [0.2, 0.25) is 5.02 Å². The lowest BCUT2D eigenvalue weighted by atomic mass is 10.1. The summed E-state index contributed by atoms with van der Waals surface area (Å²) >= 11 is 12.6. The number of thioether (sulfide) groups is 1. The molecule has 1 amide bonds. The van der Waals surface area contributed by atoms with Crippen LogP contribution in [0.25, 0.3) is 23.0 Å². The Morgan fingerprint density at radius 3 is 2.54 bits per heavy atom. The van der Waals surface area contributed by atoms with Crippen LogP contribution in [0.4, 0.5) is 0 Å². The third-order valence-corrected chi connectivity index (χ3v) is 7.20. The number of hydrogen-bond donors (Lipinski definition) is 0. The number of aromatic nitrogens is 2. The number of ether oxygens (including phenoxy) is 1. The molecule has 1 aliphatic heterocycles. The van der Waals surface area contributed by atoms with E-state index in [1.807, 2.05) is 95.8 Å². The van der Waals surface area contributed by atoms with E-state index in [1.54, 1.807) is 7.05 Å². The molecule has 0 spiro atoms. The first-order chi connectivity index (χ1) is 17.0. The Morgan fingerprint density at radius 1 is 1.06 bits per heavy atom. The zero-order valence-corrected chi connectivity index (χ0v) is 21.1. The molecule has 0 bridgehead atoms. The van der Waals surface area contributed by atoms with Gasteiger partial charge in [-0.3, -0.25) is 9.69 Å². The van der Waals surface area contributed by atoms with Gasteiger partial charge in [0.15, 0.2) is 0 Å². The van der Waals surface area contributed by atoms with Crippen molar-refractivity contribution in [1.29, 1.82) is 0 Å². The van der Waals surface area contributed by atoms with E-state index in [2.05, 4.69) is 0 Å². The van der Waals surface area contributed by atoms with Crippen LogP contribution in [-0.2, 0) is 11.4 Å². The van der Waals surface area contributed by atoms with Crippen molar-refractivity contribution in [3.63, 3.8) is 0 Å². The summed E-state index contributed by atoms with van der Waals surface area (Å²) in [5.74, 6) is 0.607. The van der Waals surface area contributed by atoms with Crippen molar-refractivity contribution < 1.29 is 9.53 Å². The van der Waals surface area contributed by atoms with Crippen LogP contribution in [0.3, 0.4) is 0 Å². The number of thiocarbonyl (C=S) groups is 1. The topological polar surface area (TPSA) is 47.4 Å². The number of amides is 1. The van der Waals surface area contributed by atoms with Gasteiger partial charge in [0.25, 0.3) is 5.91 Å². The lowest BCUT2D eigenvalue weighted by Gasteiger charge is -2.08. The Morgan fingerprint density at radius 2 is 1.83 bits per heavy atom. The van der Waals surface area contributed by atoms with Crippen LogP contribution in [-0.4, -0.2) is 32.0 Å². The van der Waals surface area contributed by atoms with Crippen LogP contribution in [0, 0.1) is 0 Å². The highest BCUT2D eigenvalue weighted by Crippen LogP contribution is 2.34. The maximum absolute atomic E-state index is 12.6.